The van der Waals surface area contributed by atoms with E-state index in [1.807, 2.05) is 18.7 Å². The smallest absolute Gasteiger partial charge is 0.250 e. The van der Waals surface area contributed by atoms with Crippen LogP contribution in [0, 0.1) is 0 Å². The van der Waals surface area contributed by atoms with E-state index in [0.29, 0.717) is 41.7 Å². The molecule has 1 amide bonds. The fraction of sp³-hybridized carbons (Fsp3) is 0.462. The summed E-state index contributed by atoms with van der Waals surface area (Å²) >= 11 is 6.23. The number of morpholine rings is 1. The lowest BCUT2D eigenvalue weighted by Gasteiger charge is -2.40. The van der Waals surface area contributed by atoms with E-state index in [1.54, 1.807) is 12.1 Å². The van der Waals surface area contributed by atoms with Crippen LogP contribution in [0.25, 0.3) is 0 Å². The third-order valence-corrected chi connectivity index (χ3v) is 3.38. The molecule has 1 fully saturated rings. The first-order valence-electron chi connectivity index (χ1n) is 6.08. The molecule has 0 spiro atoms. The minimum absolute atomic E-state index is 0.294. The van der Waals surface area contributed by atoms with Gasteiger partial charge in [0.05, 0.1) is 28.5 Å². The summed E-state index contributed by atoms with van der Waals surface area (Å²) in [6, 6.07) is 3.19. The van der Waals surface area contributed by atoms with E-state index < -0.39 is 5.91 Å². The second kappa shape index (κ2) is 4.90. The van der Waals surface area contributed by atoms with Gasteiger partial charge < -0.3 is 21.1 Å². The summed E-state index contributed by atoms with van der Waals surface area (Å²) in [5.74, 6) is -0.534. The number of nitrogen functional groups attached to an aromatic ring is 1. The van der Waals surface area contributed by atoms with Crippen molar-refractivity contribution in [3.8, 4) is 0 Å². The second-order valence-electron chi connectivity index (χ2n) is 5.29. The van der Waals surface area contributed by atoms with Crippen LogP contribution in [0.1, 0.15) is 24.2 Å². The third kappa shape index (κ3) is 2.93. The summed E-state index contributed by atoms with van der Waals surface area (Å²) in [5.41, 5.74) is 12.2. The maximum absolute atomic E-state index is 11.6. The Morgan fingerprint density at radius 3 is 2.74 bits per heavy atom. The first-order valence-corrected chi connectivity index (χ1v) is 6.46. The molecule has 1 aliphatic heterocycles. The second-order valence-corrected chi connectivity index (χ2v) is 5.70. The quantitative estimate of drug-likeness (QED) is 0.809. The van der Waals surface area contributed by atoms with Gasteiger partial charge in [-0.2, -0.15) is 0 Å². The number of benzene rings is 1. The van der Waals surface area contributed by atoms with Crippen molar-refractivity contribution >= 4 is 28.9 Å². The first kappa shape index (κ1) is 14.0. The van der Waals surface area contributed by atoms with Crippen molar-refractivity contribution in [2.45, 2.75) is 19.4 Å². The average molecular weight is 284 g/mol. The summed E-state index contributed by atoms with van der Waals surface area (Å²) in [6.45, 7) is 5.86. The standard InChI is InChI=1S/C13H18ClN3O2/c1-13(2)7-17(3-4-19-13)11-9(12(16)18)5-8(15)6-10(11)14/h5-6H,3-4,7,15H2,1-2H3,(H2,16,18). The van der Waals surface area contributed by atoms with Crippen molar-refractivity contribution < 1.29 is 9.53 Å². The van der Waals surface area contributed by atoms with Gasteiger partial charge in [-0.25, -0.2) is 0 Å². The maximum Gasteiger partial charge on any atom is 0.250 e. The number of carbonyl (C=O) groups is 1. The summed E-state index contributed by atoms with van der Waals surface area (Å²) in [7, 11) is 0. The number of halogens is 1. The molecule has 4 N–H and O–H groups in total. The number of anilines is 2. The normalized spacial score (nSPS) is 18.4. The van der Waals surface area contributed by atoms with Gasteiger partial charge >= 0.3 is 0 Å². The van der Waals surface area contributed by atoms with Gasteiger partial charge in [-0.1, -0.05) is 11.6 Å². The van der Waals surface area contributed by atoms with Crippen molar-refractivity contribution in [3.63, 3.8) is 0 Å². The maximum atomic E-state index is 11.6. The summed E-state index contributed by atoms with van der Waals surface area (Å²) in [6.07, 6.45) is 0. The molecule has 0 atom stereocenters. The Hall–Kier alpha value is -1.46. The number of primary amides is 1. The zero-order valence-electron chi connectivity index (χ0n) is 11.1. The van der Waals surface area contributed by atoms with Crippen molar-refractivity contribution in [2.75, 3.05) is 30.3 Å². The zero-order valence-corrected chi connectivity index (χ0v) is 11.8. The molecule has 1 aromatic rings. The van der Waals surface area contributed by atoms with Crippen LogP contribution in [0.4, 0.5) is 11.4 Å². The Bertz CT molecular complexity index is 517. The fourth-order valence-corrected chi connectivity index (χ4v) is 2.68. The van der Waals surface area contributed by atoms with Gasteiger partial charge in [-0.15, -0.1) is 0 Å². The monoisotopic (exact) mass is 283 g/mol. The number of nitrogens with zero attached hydrogens (tertiary/aromatic N) is 1. The van der Waals surface area contributed by atoms with Crippen LogP contribution in [-0.4, -0.2) is 31.2 Å². The molecule has 6 heteroatoms. The van der Waals surface area contributed by atoms with Crippen molar-refractivity contribution in [3.05, 3.63) is 22.7 Å². The van der Waals surface area contributed by atoms with Gasteiger partial charge in [0, 0.05) is 18.8 Å². The highest BCUT2D eigenvalue weighted by Crippen LogP contribution is 2.34. The fourth-order valence-electron chi connectivity index (χ4n) is 2.34. The molecule has 0 aromatic heterocycles. The highest BCUT2D eigenvalue weighted by atomic mass is 35.5. The van der Waals surface area contributed by atoms with E-state index in [-0.39, 0.29) is 5.60 Å². The van der Waals surface area contributed by atoms with Crippen LogP contribution in [0.15, 0.2) is 12.1 Å². The molecular formula is C13H18ClN3O2. The Morgan fingerprint density at radius 2 is 2.16 bits per heavy atom. The summed E-state index contributed by atoms with van der Waals surface area (Å²) in [5, 5.41) is 0.437. The molecule has 1 saturated heterocycles. The third-order valence-electron chi connectivity index (χ3n) is 3.09. The van der Waals surface area contributed by atoms with Gasteiger partial charge in [0.2, 0.25) is 0 Å². The SMILES string of the molecule is CC1(C)CN(c2c(Cl)cc(N)cc2C(N)=O)CCO1. The van der Waals surface area contributed by atoms with E-state index in [0.717, 1.165) is 0 Å². The first-order chi connectivity index (χ1) is 8.80. The molecule has 2 rings (SSSR count). The molecule has 104 valence electrons. The Kier molecular flexibility index (Phi) is 3.60. The van der Waals surface area contributed by atoms with Gasteiger partial charge in [-0.3, -0.25) is 4.79 Å². The van der Waals surface area contributed by atoms with Gasteiger partial charge in [0.25, 0.3) is 5.91 Å². The van der Waals surface area contributed by atoms with Crippen LogP contribution < -0.4 is 16.4 Å². The molecule has 1 aliphatic rings. The van der Waals surface area contributed by atoms with Crippen LogP contribution >= 0.6 is 11.6 Å². The summed E-state index contributed by atoms with van der Waals surface area (Å²) in [4.78, 5) is 13.6. The minimum Gasteiger partial charge on any atom is -0.399 e. The van der Waals surface area contributed by atoms with Crippen molar-refractivity contribution in [1.29, 1.82) is 0 Å². The average Bonchev–Trinajstić information content (AvgIpc) is 2.26. The minimum atomic E-state index is -0.534. The molecule has 0 saturated carbocycles. The lowest BCUT2D eigenvalue weighted by atomic mass is 10.0. The van der Waals surface area contributed by atoms with Crippen LogP contribution in [0.5, 0.6) is 0 Å². The lowest BCUT2D eigenvalue weighted by molar-refractivity contribution is -0.0277. The highest BCUT2D eigenvalue weighted by molar-refractivity contribution is 6.34. The Morgan fingerprint density at radius 1 is 1.47 bits per heavy atom. The van der Waals surface area contributed by atoms with Crippen LogP contribution in [-0.2, 0) is 4.74 Å². The van der Waals surface area contributed by atoms with Crippen molar-refractivity contribution in [1.82, 2.24) is 0 Å². The molecule has 19 heavy (non-hydrogen) atoms. The lowest BCUT2D eigenvalue weighted by Crippen LogP contribution is -2.49. The van der Waals surface area contributed by atoms with E-state index in [1.165, 1.54) is 0 Å². The number of hydrogen-bond donors (Lipinski definition) is 2. The van der Waals surface area contributed by atoms with E-state index in [9.17, 15) is 4.79 Å². The molecule has 0 bridgehead atoms. The van der Waals surface area contributed by atoms with Crippen molar-refractivity contribution in [2.24, 2.45) is 5.73 Å². The van der Waals surface area contributed by atoms with E-state index in [4.69, 9.17) is 27.8 Å². The molecule has 1 heterocycles. The van der Waals surface area contributed by atoms with E-state index >= 15 is 0 Å². The zero-order chi connectivity index (χ0) is 14.2. The van der Waals surface area contributed by atoms with Gasteiger partial charge in [0.15, 0.2) is 0 Å². The molecule has 1 aromatic carbocycles. The number of hydrogen-bond acceptors (Lipinski definition) is 4. The number of nitrogens with two attached hydrogens (primary N) is 2. The van der Waals surface area contributed by atoms with Gasteiger partial charge in [0.1, 0.15) is 0 Å². The van der Waals surface area contributed by atoms with E-state index in [2.05, 4.69) is 0 Å². The highest BCUT2D eigenvalue weighted by Gasteiger charge is 2.30. The number of ether oxygens (including phenoxy) is 1. The number of rotatable bonds is 2. The number of amides is 1. The molecule has 5 nitrogen and oxygen atoms in total. The number of carbonyl (C=O) groups excluding carboxylic acids is 1. The predicted octanol–water partition coefficient (Wildman–Crippen LogP) is 1.64. The predicted molar refractivity (Wildman–Crippen MR) is 76.6 cm³/mol. The topological polar surface area (TPSA) is 81.6 Å². The van der Waals surface area contributed by atoms with Gasteiger partial charge in [-0.05, 0) is 26.0 Å². The summed E-state index contributed by atoms with van der Waals surface area (Å²) < 4.78 is 5.66. The Labute approximate surface area is 117 Å². The molecular weight excluding hydrogens is 266 g/mol. The Balaban J connectivity index is 2.46. The molecule has 0 radical (unpaired) electrons. The van der Waals surface area contributed by atoms with Crippen LogP contribution in [0.3, 0.4) is 0 Å². The van der Waals surface area contributed by atoms with Crippen LogP contribution in [0.2, 0.25) is 5.02 Å². The molecule has 0 unspecified atom stereocenters. The largest absolute Gasteiger partial charge is 0.399 e. The molecule has 0 aliphatic carbocycles.